The number of amides is 1. The van der Waals surface area contributed by atoms with Crippen LogP contribution in [0.5, 0.6) is 0 Å². The molecule has 0 aliphatic heterocycles. The first-order chi connectivity index (χ1) is 20.1. The van der Waals surface area contributed by atoms with Crippen LogP contribution in [0.1, 0.15) is 91.4 Å². The first-order valence-electron chi connectivity index (χ1n) is 15.0. The van der Waals surface area contributed by atoms with Gasteiger partial charge in [-0.25, -0.2) is 4.79 Å². The van der Waals surface area contributed by atoms with Crippen LogP contribution in [0.4, 0.5) is 0 Å². The molecule has 12 heteroatoms. The van der Waals surface area contributed by atoms with Crippen molar-refractivity contribution in [3.8, 4) is 0 Å². The van der Waals surface area contributed by atoms with Crippen LogP contribution >= 0.6 is 0 Å². The summed E-state index contributed by atoms with van der Waals surface area (Å²) in [7, 11) is 0. The average molecular weight is 604 g/mol. The minimum absolute atomic E-state index is 0.0607. The van der Waals surface area contributed by atoms with Gasteiger partial charge in [0.2, 0.25) is 11.7 Å². The third kappa shape index (κ3) is 6.10. The number of hydrogen-bond acceptors (Lipinski definition) is 9. The van der Waals surface area contributed by atoms with Gasteiger partial charge >= 0.3 is 23.9 Å². The van der Waals surface area contributed by atoms with E-state index in [2.05, 4.69) is 6.92 Å². The van der Waals surface area contributed by atoms with Crippen LogP contribution in [-0.2, 0) is 43.0 Å². The fourth-order valence-electron chi connectivity index (χ4n) is 8.68. The molecule has 12 nitrogen and oxygen atoms in total. The standard InChI is InChI=1S/C31H41NO11/c1-17(33)43-31(24(35)16-42-27(39)7-6-25(36)32-23(28(40)41)15-26(37)38)13-10-22-20-5-4-18-14-19(34)8-11-29(18,2)21(20)9-12-30(22,31)3/h14,20-23H,4-13,15-16H2,1-3H3,(H,32,36)(H,37,38)(H,40,41)/t20-,21+,22-,23-,29+,30+,31+/m1/s1. The van der Waals surface area contributed by atoms with Gasteiger partial charge in [-0.2, -0.15) is 0 Å². The lowest BCUT2D eigenvalue weighted by Crippen LogP contribution is -2.59. The van der Waals surface area contributed by atoms with Crippen molar-refractivity contribution in [3.05, 3.63) is 11.6 Å². The zero-order chi connectivity index (χ0) is 31.7. The van der Waals surface area contributed by atoms with Crippen LogP contribution in [0.3, 0.4) is 0 Å². The smallest absolute Gasteiger partial charge is 0.326 e. The Balaban J connectivity index is 1.42. The van der Waals surface area contributed by atoms with E-state index in [1.54, 1.807) is 0 Å². The lowest BCUT2D eigenvalue weighted by atomic mass is 9.46. The number of Topliss-reactive ketones (excluding diaryl/α,β-unsaturated/α-hetero) is 1. The highest BCUT2D eigenvalue weighted by Gasteiger charge is 2.68. The van der Waals surface area contributed by atoms with Gasteiger partial charge in [-0.05, 0) is 74.2 Å². The van der Waals surface area contributed by atoms with E-state index in [4.69, 9.17) is 19.7 Å². The summed E-state index contributed by atoms with van der Waals surface area (Å²) in [6.07, 6.45) is 5.65. The summed E-state index contributed by atoms with van der Waals surface area (Å²) in [6, 6.07) is -1.65. The molecule has 4 aliphatic carbocycles. The molecule has 4 aliphatic rings. The van der Waals surface area contributed by atoms with Crippen molar-refractivity contribution in [1.29, 1.82) is 0 Å². The summed E-state index contributed by atoms with van der Waals surface area (Å²) in [6.45, 7) is 4.88. The lowest BCUT2D eigenvalue weighted by molar-refractivity contribution is -0.191. The van der Waals surface area contributed by atoms with Crippen molar-refractivity contribution in [2.75, 3.05) is 6.61 Å². The Morgan fingerprint density at radius 2 is 1.67 bits per heavy atom. The molecule has 0 aromatic heterocycles. The van der Waals surface area contributed by atoms with Crippen LogP contribution in [-0.4, -0.2) is 69.8 Å². The summed E-state index contributed by atoms with van der Waals surface area (Å²) < 4.78 is 11.1. The summed E-state index contributed by atoms with van der Waals surface area (Å²) in [4.78, 5) is 84.8. The quantitative estimate of drug-likeness (QED) is 0.294. The number of ether oxygens (including phenoxy) is 2. The van der Waals surface area contributed by atoms with Gasteiger partial charge in [0.1, 0.15) is 6.04 Å². The van der Waals surface area contributed by atoms with Crippen LogP contribution in [0.15, 0.2) is 11.6 Å². The molecular formula is C31H41NO11. The Bertz CT molecular complexity index is 1260. The van der Waals surface area contributed by atoms with Gasteiger partial charge in [-0.15, -0.1) is 0 Å². The number of esters is 2. The Morgan fingerprint density at radius 3 is 2.33 bits per heavy atom. The van der Waals surface area contributed by atoms with E-state index in [1.165, 1.54) is 12.5 Å². The molecule has 0 radical (unpaired) electrons. The van der Waals surface area contributed by atoms with Crippen molar-refractivity contribution >= 4 is 41.4 Å². The maximum Gasteiger partial charge on any atom is 0.326 e. The van der Waals surface area contributed by atoms with Crippen molar-refractivity contribution in [3.63, 3.8) is 0 Å². The maximum atomic E-state index is 13.8. The van der Waals surface area contributed by atoms with Crippen LogP contribution in [0, 0.1) is 28.6 Å². The summed E-state index contributed by atoms with van der Waals surface area (Å²) in [5.41, 5.74) is -0.956. The number of allylic oxidation sites excluding steroid dienone is 1. The van der Waals surface area contributed by atoms with Gasteiger partial charge in [-0.1, -0.05) is 19.4 Å². The predicted molar refractivity (Wildman–Crippen MR) is 148 cm³/mol. The summed E-state index contributed by atoms with van der Waals surface area (Å²) >= 11 is 0. The molecule has 43 heavy (non-hydrogen) atoms. The predicted octanol–water partition coefficient (Wildman–Crippen LogP) is 2.76. The largest absolute Gasteiger partial charge is 0.481 e. The van der Waals surface area contributed by atoms with Crippen molar-refractivity contribution in [1.82, 2.24) is 5.32 Å². The third-order valence-electron chi connectivity index (χ3n) is 10.8. The molecule has 1 amide bonds. The summed E-state index contributed by atoms with van der Waals surface area (Å²) in [5, 5.41) is 19.9. The molecule has 0 aromatic rings. The van der Waals surface area contributed by atoms with E-state index in [0.717, 1.165) is 25.7 Å². The molecule has 0 bridgehead atoms. The number of carbonyl (C=O) groups is 7. The van der Waals surface area contributed by atoms with Crippen molar-refractivity contribution < 1.29 is 53.2 Å². The van der Waals surface area contributed by atoms with E-state index < -0.39 is 78.5 Å². The highest BCUT2D eigenvalue weighted by Crippen LogP contribution is 2.68. The number of rotatable bonds is 11. The Kier molecular flexibility index (Phi) is 9.18. The zero-order valence-electron chi connectivity index (χ0n) is 24.9. The average Bonchev–Trinajstić information content (AvgIpc) is 3.22. The third-order valence-corrected chi connectivity index (χ3v) is 10.8. The highest BCUT2D eigenvalue weighted by atomic mass is 16.6. The van der Waals surface area contributed by atoms with E-state index >= 15 is 0 Å². The number of hydrogen-bond donors (Lipinski definition) is 3. The molecule has 0 heterocycles. The van der Waals surface area contributed by atoms with Gasteiger partial charge in [0.25, 0.3) is 0 Å². The SMILES string of the molecule is CC(=O)O[C@]1(C(=O)COC(=O)CCC(=O)N[C@H](CC(=O)O)C(=O)O)CC[C@@H]2[C@@H]3CCC4=CC(=O)CC[C@]4(C)[C@H]3CC[C@@]21C. The molecule has 0 spiro atoms. The zero-order valence-corrected chi connectivity index (χ0v) is 24.9. The molecule has 0 unspecified atom stereocenters. The van der Waals surface area contributed by atoms with Gasteiger partial charge in [0.05, 0.1) is 12.8 Å². The highest BCUT2D eigenvalue weighted by molar-refractivity contribution is 5.94. The summed E-state index contributed by atoms with van der Waals surface area (Å²) in [5.74, 6) is -4.80. The van der Waals surface area contributed by atoms with Gasteiger partial charge in [0, 0.05) is 25.2 Å². The first-order valence-corrected chi connectivity index (χ1v) is 15.0. The number of ketones is 2. The molecule has 3 N–H and O–H groups in total. The first kappa shape index (κ1) is 32.3. The lowest BCUT2D eigenvalue weighted by Gasteiger charge is -2.59. The number of aliphatic carboxylic acids is 2. The molecular weight excluding hydrogens is 562 g/mol. The second-order valence-corrected chi connectivity index (χ2v) is 13.0. The molecule has 0 saturated heterocycles. The minimum atomic E-state index is -1.65. The monoisotopic (exact) mass is 603 g/mol. The van der Waals surface area contributed by atoms with Crippen molar-refractivity contribution in [2.24, 2.45) is 28.6 Å². The van der Waals surface area contributed by atoms with Gasteiger partial charge in [0.15, 0.2) is 18.0 Å². The van der Waals surface area contributed by atoms with Gasteiger partial charge < -0.3 is 25.0 Å². The van der Waals surface area contributed by atoms with Crippen molar-refractivity contribution in [2.45, 2.75) is 103 Å². The van der Waals surface area contributed by atoms with Crippen LogP contribution in [0.25, 0.3) is 0 Å². The Labute approximate surface area is 249 Å². The number of fused-ring (bicyclic) bond motifs is 5. The molecule has 4 rings (SSSR count). The molecule has 236 valence electrons. The van der Waals surface area contributed by atoms with Crippen LogP contribution < -0.4 is 5.32 Å². The minimum Gasteiger partial charge on any atom is -0.481 e. The van der Waals surface area contributed by atoms with Crippen LogP contribution in [0.2, 0.25) is 0 Å². The number of carboxylic acids is 2. The van der Waals surface area contributed by atoms with E-state index in [0.29, 0.717) is 37.5 Å². The molecule has 3 fully saturated rings. The molecule has 0 aromatic carbocycles. The van der Waals surface area contributed by atoms with E-state index in [-0.39, 0.29) is 17.1 Å². The number of carboxylic acid groups (broad SMARTS) is 2. The number of nitrogens with one attached hydrogen (secondary N) is 1. The Morgan fingerprint density at radius 1 is 0.977 bits per heavy atom. The fourth-order valence-corrected chi connectivity index (χ4v) is 8.68. The Hall–Kier alpha value is -3.57. The topological polar surface area (TPSA) is 190 Å². The fraction of sp³-hybridized carbons (Fsp3) is 0.710. The molecule has 3 saturated carbocycles. The second kappa shape index (κ2) is 12.2. The van der Waals surface area contributed by atoms with Gasteiger partial charge in [-0.3, -0.25) is 28.8 Å². The molecule has 7 atom stereocenters. The van der Waals surface area contributed by atoms with E-state index in [9.17, 15) is 33.6 Å². The normalized spacial score (nSPS) is 33.5. The van der Waals surface area contributed by atoms with E-state index in [1.807, 2.05) is 18.3 Å². The maximum absolute atomic E-state index is 13.8. The number of carbonyl (C=O) groups excluding carboxylic acids is 5. The second-order valence-electron chi connectivity index (χ2n) is 13.0.